The van der Waals surface area contributed by atoms with E-state index < -0.39 is 0 Å². The molecule has 0 radical (unpaired) electrons. The van der Waals surface area contributed by atoms with Crippen LogP contribution in [-0.2, 0) is 11.0 Å². The number of likely N-dealkylation sites (tertiary alicyclic amines) is 1. The average Bonchev–Trinajstić information content (AvgIpc) is 3.16. The molecule has 1 aromatic carbocycles. The van der Waals surface area contributed by atoms with Crippen LogP contribution in [0.2, 0.25) is 0 Å². The number of halogens is 2. The van der Waals surface area contributed by atoms with Gasteiger partial charge in [-0.2, -0.15) is 0 Å². The normalized spacial score (nSPS) is 17.6. The zero-order valence-corrected chi connectivity index (χ0v) is 18.1. The highest BCUT2D eigenvalue weighted by molar-refractivity contribution is 14.1. The molecule has 0 aliphatic carbocycles. The van der Waals surface area contributed by atoms with Crippen molar-refractivity contribution in [2.75, 3.05) is 25.0 Å². The monoisotopic (exact) mass is 500 g/mol. The Morgan fingerprint density at radius 3 is 3.04 bits per heavy atom. The van der Waals surface area contributed by atoms with Crippen LogP contribution in [0.1, 0.15) is 43.1 Å². The van der Waals surface area contributed by atoms with Crippen molar-refractivity contribution in [3.63, 3.8) is 0 Å². The maximum absolute atomic E-state index is 13.6. The number of nitrogens with one attached hydrogen (secondary N) is 3. The van der Waals surface area contributed by atoms with Crippen molar-refractivity contribution >= 4 is 34.1 Å². The number of amidine groups is 1. The van der Waals surface area contributed by atoms with Gasteiger partial charge in [0.15, 0.2) is 11.5 Å². The third-order valence-electron chi connectivity index (χ3n) is 5.06. The molecule has 3 N–H and O–H groups in total. The van der Waals surface area contributed by atoms with Crippen molar-refractivity contribution in [1.29, 1.82) is 5.41 Å². The van der Waals surface area contributed by atoms with E-state index in [1.807, 2.05) is 0 Å². The Hall–Kier alpha value is -1.59. The van der Waals surface area contributed by atoms with Gasteiger partial charge in [-0.3, -0.25) is 10.3 Å². The lowest BCUT2D eigenvalue weighted by molar-refractivity contribution is 0.161. The molecule has 152 valence electrons. The molecule has 2 heterocycles. The Morgan fingerprint density at radius 1 is 1.39 bits per heavy atom. The van der Waals surface area contributed by atoms with Crippen molar-refractivity contribution in [1.82, 2.24) is 20.5 Å². The molecule has 9 heteroatoms. The predicted molar refractivity (Wildman–Crippen MR) is 115 cm³/mol. The maximum atomic E-state index is 13.6. The third kappa shape index (κ3) is 5.48. The topological polar surface area (TPSA) is 90.1 Å². The van der Waals surface area contributed by atoms with Gasteiger partial charge in [-0.1, -0.05) is 34.2 Å². The number of piperidine rings is 1. The van der Waals surface area contributed by atoms with Gasteiger partial charge in [0.2, 0.25) is 0 Å². The Labute approximate surface area is 178 Å². The average molecular weight is 500 g/mol. The molecule has 28 heavy (non-hydrogen) atoms. The highest BCUT2D eigenvalue weighted by atomic mass is 127. The third-order valence-corrected chi connectivity index (χ3v) is 5.88. The summed E-state index contributed by atoms with van der Waals surface area (Å²) in [6.45, 7) is 5.75. The van der Waals surface area contributed by atoms with E-state index in [-0.39, 0.29) is 11.7 Å². The lowest BCUT2D eigenvalue weighted by Gasteiger charge is -2.33. The van der Waals surface area contributed by atoms with E-state index in [9.17, 15) is 4.39 Å². The Kier molecular flexibility index (Phi) is 7.74. The van der Waals surface area contributed by atoms with Crippen LogP contribution in [0, 0.1) is 11.2 Å². The van der Waals surface area contributed by atoms with Crippen LogP contribution in [0.4, 0.5) is 10.1 Å². The molecule has 0 amide bonds. The molecule has 1 aromatic heterocycles. The second-order valence-electron chi connectivity index (χ2n) is 7.06. The summed E-state index contributed by atoms with van der Waals surface area (Å²) < 4.78 is 19.0. The van der Waals surface area contributed by atoms with Crippen molar-refractivity contribution in [3.8, 4) is 0 Å². The van der Waals surface area contributed by atoms with Gasteiger partial charge in [0.1, 0.15) is 11.5 Å². The van der Waals surface area contributed by atoms with Crippen LogP contribution in [0.25, 0.3) is 0 Å². The quantitative estimate of drug-likeness (QED) is 0.169. The molecule has 0 spiro atoms. The summed E-state index contributed by atoms with van der Waals surface area (Å²) >= 11 is 2.11. The minimum absolute atomic E-state index is 0.0775. The summed E-state index contributed by atoms with van der Waals surface area (Å²) in [5.74, 6) is -0.170. The first-order valence-electron chi connectivity index (χ1n) is 9.55. The van der Waals surface area contributed by atoms with E-state index in [2.05, 4.69) is 55.4 Å². The van der Waals surface area contributed by atoms with E-state index in [4.69, 9.17) is 10.0 Å². The number of hydrogen-bond donors (Lipinski definition) is 3. The van der Waals surface area contributed by atoms with Crippen molar-refractivity contribution in [3.05, 3.63) is 41.0 Å². The van der Waals surface area contributed by atoms with E-state index in [1.54, 1.807) is 12.1 Å². The summed E-state index contributed by atoms with van der Waals surface area (Å²) in [5.41, 5.74) is 2.17. The van der Waals surface area contributed by atoms with Gasteiger partial charge in [0.05, 0.1) is 0 Å². The van der Waals surface area contributed by atoms with Gasteiger partial charge < -0.3 is 10.6 Å². The molecular weight excluding hydrogens is 474 g/mol. The maximum Gasteiger partial charge on any atom is 0.174 e. The van der Waals surface area contributed by atoms with Crippen LogP contribution in [0.5, 0.6) is 0 Å². The summed E-state index contributed by atoms with van der Waals surface area (Å²) in [6, 6.07) is 5.33. The standard InChI is InChI=1S/C19H26FIN6O/c1-13-4-2-3-8-27(13)9-7-23-12-17-18(26-28-25-17)19(22)24-15-5-6-16(20)14(10-15)11-21/h5-6,10,13,23H,2-4,7-9,11-12H2,1H3,(H2,22,24). The number of alkyl halides is 1. The summed E-state index contributed by atoms with van der Waals surface area (Å²) in [6.07, 6.45) is 3.86. The first-order chi connectivity index (χ1) is 13.6. The highest BCUT2D eigenvalue weighted by Crippen LogP contribution is 2.18. The van der Waals surface area contributed by atoms with Crippen LogP contribution < -0.4 is 10.6 Å². The minimum Gasteiger partial charge on any atom is -0.339 e. The van der Waals surface area contributed by atoms with E-state index >= 15 is 0 Å². The molecule has 1 atom stereocenters. The molecule has 1 saturated heterocycles. The molecule has 0 saturated carbocycles. The molecule has 1 aliphatic heterocycles. The number of nitrogens with zero attached hydrogens (tertiary/aromatic N) is 3. The summed E-state index contributed by atoms with van der Waals surface area (Å²) in [5, 5.41) is 22.4. The van der Waals surface area contributed by atoms with Crippen LogP contribution in [0.15, 0.2) is 22.8 Å². The second kappa shape index (κ2) is 10.3. The Morgan fingerprint density at radius 2 is 2.25 bits per heavy atom. The predicted octanol–water partition coefficient (Wildman–Crippen LogP) is 3.55. The van der Waals surface area contributed by atoms with E-state index in [0.29, 0.717) is 39.7 Å². The van der Waals surface area contributed by atoms with Gasteiger partial charge in [-0.25, -0.2) is 9.02 Å². The van der Waals surface area contributed by atoms with E-state index in [1.165, 1.54) is 25.3 Å². The molecule has 7 nitrogen and oxygen atoms in total. The first-order valence-corrected chi connectivity index (χ1v) is 11.1. The summed E-state index contributed by atoms with van der Waals surface area (Å²) in [7, 11) is 0. The van der Waals surface area contributed by atoms with Crippen LogP contribution >= 0.6 is 22.6 Å². The van der Waals surface area contributed by atoms with Crippen molar-refractivity contribution in [2.45, 2.75) is 43.2 Å². The van der Waals surface area contributed by atoms with E-state index in [0.717, 1.165) is 19.6 Å². The Balaban J connectivity index is 1.52. The molecular formula is C19H26FIN6O. The van der Waals surface area contributed by atoms with Crippen LogP contribution in [-0.4, -0.2) is 46.7 Å². The minimum atomic E-state index is -0.248. The smallest absolute Gasteiger partial charge is 0.174 e. The van der Waals surface area contributed by atoms with Gasteiger partial charge in [-0.15, -0.1) is 0 Å². The number of rotatable bonds is 8. The van der Waals surface area contributed by atoms with Crippen LogP contribution in [0.3, 0.4) is 0 Å². The van der Waals surface area contributed by atoms with Gasteiger partial charge in [0, 0.05) is 35.8 Å². The first kappa shape index (κ1) is 21.1. The molecule has 1 unspecified atom stereocenters. The zero-order valence-electron chi connectivity index (χ0n) is 16.0. The zero-order chi connectivity index (χ0) is 19.9. The molecule has 3 rings (SSSR count). The Bertz CT molecular complexity index is 798. The number of anilines is 1. The number of hydrogen-bond acceptors (Lipinski definition) is 6. The van der Waals surface area contributed by atoms with Gasteiger partial charge in [-0.05, 0) is 55.2 Å². The lowest BCUT2D eigenvalue weighted by Crippen LogP contribution is -2.41. The van der Waals surface area contributed by atoms with Crippen molar-refractivity contribution < 1.29 is 9.02 Å². The number of aromatic nitrogens is 2. The molecule has 1 fully saturated rings. The SMILES string of the molecule is CC1CCCCN1CCNCc1nonc1C(=N)Nc1ccc(F)c(CI)c1. The fourth-order valence-electron chi connectivity index (χ4n) is 3.39. The fraction of sp³-hybridized carbons (Fsp3) is 0.526. The van der Waals surface area contributed by atoms with Crippen molar-refractivity contribution in [2.24, 2.45) is 0 Å². The molecule has 0 bridgehead atoms. The van der Waals surface area contributed by atoms with Gasteiger partial charge >= 0.3 is 0 Å². The summed E-state index contributed by atoms with van der Waals surface area (Å²) in [4.78, 5) is 2.50. The van der Waals surface area contributed by atoms with Gasteiger partial charge in [0.25, 0.3) is 0 Å². The molecule has 1 aliphatic rings. The highest BCUT2D eigenvalue weighted by Gasteiger charge is 2.18. The molecule has 2 aromatic rings. The fourth-order valence-corrected chi connectivity index (χ4v) is 3.97. The second-order valence-corrected chi connectivity index (χ2v) is 7.82. The lowest BCUT2D eigenvalue weighted by atomic mass is 10.0. The largest absolute Gasteiger partial charge is 0.339 e. The number of benzene rings is 1.